The fraction of sp³-hybridized carbons (Fsp3) is 0.333. The van der Waals surface area contributed by atoms with Gasteiger partial charge in [0, 0.05) is 30.2 Å². The van der Waals surface area contributed by atoms with Gasteiger partial charge in [-0.05, 0) is 51.2 Å². The van der Waals surface area contributed by atoms with Gasteiger partial charge in [0.25, 0.3) is 0 Å². The number of rotatable bonds is 3. The molecule has 0 unspecified atom stereocenters. The van der Waals surface area contributed by atoms with E-state index in [4.69, 9.17) is 4.98 Å². The monoisotopic (exact) mass is 360 g/mol. The van der Waals surface area contributed by atoms with E-state index < -0.39 is 0 Å². The summed E-state index contributed by atoms with van der Waals surface area (Å²) in [5, 5.41) is 8.63. The largest absolute Gasteiger partial charge is 0.371 e. The number of nitrogens with zero attached hydrogens (tertiary/aromatic N) is 4. The minimum Gasteiger partial charge on any atom is -0.371 e. The number of H-pyrrole nitrogens is 2. The molecule has 1 saturated heterocycles. The Kier molecular flexibility index (Phi) is 3.86. The van der Waals surface area contributed by atoms with Crippen molar-refractivity contribution in [3.8, 4) is 11.5 Å². The van der Waals surface area contributed by atoms with Crippen LogP contribution in [0.3, 0.4) is 0 Å². The van der Waals surface area contributed by atoms with E-state index >= 15 is 0 Å². The predicted octanol–water partition coefficient (Wildman–Crippen LogP) is 3.64. The second-order valence-electron chi connectivity index (χ2n) is 7.59. The third kappa shape index (κ3) is 2.86. The van der Waals surface area contributed by atoms with Crippen molar-refractivity contribution in [3.63, 3.8) is 0 Å². The van der Waals surface area contributed by atoms with Gasteiger partial charge in [-0.15, -0.1) is 0 Å². The Bertz CT molecular complexity index is 1080. The van der Waals surface area contributed by atoms with E-state index in [0.29, 0.717) is 6.04 Å². The van der Waals surface area contributed by atoms with E-state index in [1.807, 2.05) is 18.2 Å². The second-order valence-corrected chi connectivity index (χ2v) is 7.59. The van der Waals surface area contributed by atoms with Crippen molar-refractivity contribution in [3.05, 3.63) is 42.5 Å². The van der Waals surface area contributed by atoms with Crippen LogP contribution in [0.5, 0.6) is 0 Å². The molecule has 4 aromatic rings. The molecule has 5 rings (SSSR count). The lowest BCUT2D eigenvalue weighted by Gasteiger charge is -2.36. The lowest BCUT2D eigenvalue weighted by molar-refractivity contribution is 0.249. The maximum Gasteiger partial charge on any atom is 0.159 e. The van der Waals surface area contributed by atoms with Crippen LogP contribution in [0.25, 0.3) is 33.5 Å². The van der Waals surface area contributed by atoms with E-state index in [9.17, 15) is 0 Å². The average molecular weight is 360 g/mol. The smallest absolute Gasteiger partial charge is 0.159 e. The predicted molar refractivity (Wildman–Crippen MR) is 110 cm³/mol. The van der Waals surface area contributed by atoms with Crippen LogP contribution in [0.1, 0.15) is 12.8 Å². The van der Waals surface area contributed by atoms with Gasteiger partial charge in [0.2, 0.25) is 0 Å². The SMILES string of the molecule is CN(C)C1CCN(c2ccc3[nH]c(-c4n[nH]c5ccccc45)nc3c2)CC1. The normalized spacial score (nSPS) is 16.0. The highest BCUT2D eigenvalue weighted by Crippen LogP contribution is 2.29. The Morgan fingerprint density at radius 1 is 1.04 bits per heavy atom. The molecule has 3 heterocycles. The number of hydrogen-bond acceptors (Lipinski definition) is 4. The van der Waals surface area contributed by atoms with Crippen LogP contribution in [-0.4, -0.2) is 58.3 Å². The van der Waals surface area contributed by atoms with E-state index in [1.165, 1.54) is 18.5 Å². The molecule has 2 aromatic heterocycles. The molecule has 1 fully saturated rings. The molecule has 0 saturated carbocycles. The number of nitrogens with one attached hydrogen (secondary N) is 2. The van der Waals surface area contributed by atoms with Gasteiger partial charge in [0.15, 0.2) is 5.82 Å². The fourth-order valence-corrected chi connectivity index (χ4v) is 4.09. The Morgan fingerprint density at radius 3 is 2.67 bits per heavy atom. The van der Waals surface area contributed by atoms with Gasteiger partial charge >= 0.3 is 0 Å². The summed E-state index contributed by atoms with van der Waals surface area (Å²) >= 11 is 0. The molecule has 0 radical (unpaired) electrons. The van der Waals surface area contributed by atoms with Gasteiger partial charge in [-0.3, -0.25) is 5.10 Å². The Balaban J connectivity index is 1.45. The first-order valence-corrected chi connectivity index (χ1v) is 9.53. The Labute approximate surface area is 158 Å². The standard InChI is InChI=1S/C21H24N6/c1-26(2)14-9-11-27(12-10-14)15-7-8-18-19(13-15)23-21(22-18)20-16-5-3-4-6-17(16)24-25-20/h3-8,13-14H,9-12H2,1-2H3,(H,22,23)(H,24,25). The van der Waals surface area contributed by atoms with Gasteiger partial charge in [-0.25, -0.2) is 4.98 Å². The number of piperidine rings is 1. The van der Waals surface area contributed by atoms with Gasteiger partial charge < -0.3 is 14.8 Å². The first-order valence-electron chi connectivity index (χ1n) is 9.53. The number of hydrogen-bond donors (Lipinski definition) is 2. The molecule has 0 atom stereocenters. The molecule has 138 valence electrons. The molecule has 0 spiro atoms. The van der Waals surface area contributed by atoms with E-state index in [-0.39, 0.29) is 0 Å². The number of imidazole rings is 1. The molecule has 1 aliphatic heterocycles. The van der Waals surface area contributed by atoms with E-state index in [0.717, 1.165) is 46.5 Å². The molecule has 0 amide bonds. The molecular weight excluding hydrogens is 336 g/mol. The summed E-state index contributed by atoms with van der Waals surface area (Å²) in [6, 6.07) is 15.4. The maximum absolute atomic E-state index is 4.83. The zero-order valence-electron chi connectivity index (χ0n) is 15.7. The number of aromatic amines is 2. The highest BCUT2D eigenvalue weighted by Gasteiger charge is 2.21. The zero-order chi connectivity index (χ0) is 18.4. The topological polar surface area (TPSA) is 63.8 Å². The minimum absolute atomic E-state index is 0.690. The Hall–Kier alpha value is -2.86. The number of para-hydroxylation sites is 1. The lowest BCUT2D eigenvalue weighted by atomic mass is 10.0. The van der Waals surface area contributed by atoms with Gasteiger partial charge in [-0.2, -0.15) is 5.10 Å². The van der Waals surface area contributed by atoms with Crippen LogP contribution in [0, 0.1) is 0 Å². The summed E-state index contributed by atoms with van der Waals surface area (Å²) in [5.74, 6) is 0.811. The van der Waals surface area contributed by atoms with Crippen LogP contribution < -0.4 is 4.90 Å². The van der Waals surface area contributed by atoms with Crippen molar-refractivity contribution < 1.29 is 0 Å². The summed E-state index contributed by atoms with van der Waals surface area (Å²) in [6.45, 7) is 2.19. The zero-order valence-corrected chi connectivity index (χ0v) is 15.7. The highest BCUT2D eigenvalue weighted by molar-refractivity contribution is 5.93. The molecule has 0 bridgehead atoms. The summed E-state index contributed by atoms with van der Waals surface area (Å²) in [7, 11) is 4.35. The summed E-state index contributed by atoms with van der Waals surface area (Å²) in [6.07, 6.45) is 2.41. The summed E-state index contributed by atoms with van der Waals surface area (Å²) in [4.78, 5) is 13.1. The van der Waals surface area contributed by atoms with Crippen molar-refractivity contribution in [2.45, 2.75) is 18.9 Å². The molecule has 2 aromatic carbocycles. The second kappa shape index (κ2) is 6.39. The van der Waals surface area contributed by atoms with Crippen molar-refractivity contribution in [1.82, 2.24) is 25.1 Å². The first kappa shape index (κ1) is 16.3. The van der Waals surface area contributed by atoms with E-state index in [2.05, 4.69) is 63.3 Å². The molecule has 6 heteroatoms. The van der Waals surface area contributed by atoms with Crippen LogP contribution >= 0.6 is 0 Å². The lowest BCUT2D eigenvalue weighted by Crippen LogP contribution is -2.41. The van der Waals surface area contributed by atoms with Crippen molar-refractivity contribution in [2.75, 3.05) is 32.1 Å². The molecule has 2 N–H and O–H groups in total. The van der Waals surface area contributed by atoms with Gasteiger partial charge in [0.05, 0.1) is 16.6 Å². The van der Waals surface area contributed by atoms with Crippen LogP contribution in [0.2, 0.25) is 0 Å². The molecular formula is C21H24N6. The van der Waals surface area contributed by atoms with Crippen LogP contribution in [-0.2, 0) is 0 Å². The van der Waals surface area contributed by atoms with Crippen LogP contribution in [0.4, 0.5) is 5.69 Å². The van der Waals surface area contributed by atoms with Crippen molar-refractivity contribution in [2.24, 2.45) is 0 Å². The number of aromatic nitrogens is 4. The average Bonchev–Trinajstić information content (AvgIpc) is 3.31. The molecule has 27 heavy (non-hydrogen) atoms. The fourth-order valence-electron chi connectivity index (χ4n) is 4.09. The van der Waals surface area contributed by atoms with Crippen LogP contribution in [0.15, 0.2) is 42.5 Å². The summed E-state index contributed by atoms with van der Waals surface area (Å²) in [5.41, 5.74) is 5.19. The third-order valence-corrected chi connectivity index (χ3v) is 5.72. The Morgan fingerprint density at radius 2 is 1.85 bits per heavy atom. The van der Waals surface area contributed by atoms with Gasteiger partial charge in [-0.1, -0.05) is 18.2 Å². The van der Waals surface area contributed by atoms with Gasteiger partial charge in [0.1, 0.15) is 5.69 Å². The molecule has 6 nitrogen and oxygen atoms in total. The number of fused-ring (bicyclic) bond motifs is 2. The van der Waals surface area contributed by atoms with E-state index in [1.54, 1.807) is 0 Å². The quantitative estimate of drug-likeness (QED) is 0.585. The number of anilines is 1. The molecule has 1 aliphatic rings. The van der Waals surface area contributed by atoms with Crippen molar-refractivity contribution >= 4 is 27.6 Å². The summed E-state index contributed by atoms with van der Waals surface area (Å²) < 4.78 is 0. The minimum atomic E-state index is 0.690. The first-order chi connectivity index (χ1) is 13.2. The van der Waals surface area contributed by atoms with Crippen molar-refractivity contribution in [1.29, 1.82) is 0 Å². The highest BCUT2D eigenvalue weighted by atomic mass is 15.2. The third-order valence-electron chi connectivity index (χ3n) is 5.72. The maximum atomic E-state index is 4.83. The number of benzene rings is 2. The molecule has 0 aliphatic carbocycles.